The van der Waals surface area contributed by atoms with Crippen molar-refractivity contribution in [2.75, 3.05) is 24.3 Å². The summed E-state index contributed by atoms with van der Waals surface area (Å²) in [5.41, 5.74) is 2.25. The van der Waals surface area contributed by atoms with Gasteiger partial charge in [0.15, 0.2) is 0 Å². The van der Waals surface area contributed by atoms with Crippen molar-refractivity contribution in [1.29, 1.82) is 5.26 Å². The van der Waals surface area contributed by atoms with Crippen LogP contribution in [-0.2, 0) is 0 Å². The number of nitrogens with one attached hydrogen (secondary N) is 1. The Morgan fingerprint density at radius 1 is 1.19 bits per heavy atom. The van der Waals surface area contributed by atoms with E-state index in [0.29, 0.717) is 5.69 Å². The highest BCUT2D eigenvalue weighted by atomic mass is 16.6. The van der Waals surface area contributed by atoms with Crippen LogP contribution in [0.4, 0.5) is 22.7 Å². The van der Waals surface area contributed by atoms with Crippen LogP contribution in [0.1, 0.15) is 5.56 Å². The van der Waals surface area contributed by atoms with E-state index in [2.05, 4.69) is 5.32 Å². The van der Waals surface area contributed by atoms with Crippen molar-refractivity contribution in [3.63, 3.8) is 0 Å². The Hall–Kier alpha value is -3.07. The zero-order chi connectivity index (χ0) is 15.4. The molecule has 6 nitrogen and oxygen atoms in total. The van der Waals surface area contributed by atoms with Crippen molar-refractivity contribution in [2.24, 2.45) is 0 Å². The molecule has 2 aromatic rings. The molecule has 0 aliphatic rings. The van der Waals surface area contributed by atoms with E-state index < -0.39 is 4.92 Å². The van der Waals surface area contributed by atoms with Gasteiger partial charge in [0.1, 0.15) is 11.6 Å². The number of hydrogen-bond acceptors (Lipinski definition) is 5. The molecule has 0 heterocycles. The highest BCUT2D eigenvalue weighted by Crippen LogP contribution is 2.26. The Labute approximate surface area is 122 Å². The predicted molar refractivity (Wildman–Crippen MR) is 81.9 cm³/mol. The minimum absolute atomic E-state index is 0.0487. The smallest absolute Gasteiger partial charge is 0.289 e. The summed E-state index contributed by atoms with van der Waals surface area (Å²) in [6, 6.07) is 13.9. The predicted octanol–water partition coefficient (Wildman–Crippen LogP) is 3.28. The quantitative estimate of drug-likeness (QED) is 0.687. The lowest BCUT2D eigenvalue weighted by atomic mass is 10.1. The first-order valence-electron chi connectivity index (χ1n) is 6.24. The lowest BCUT2D eigenvalue weighted by molar-refractivity contribution is -0.385. The van der Waals surface area contributed by atoms with Gasteiger partial charge in [0.05, 0.1) is 4.92 Å². The largest absolute Gasteiger partial charge is 0.378 e. The molecule has 2 aromatic carbocycles. The lowest BCUT2D eigenvalue weighted by Crippen LogP contribution is -2.08. The summed E-state index contributed by atoms with van der Waals surface area (Å²) < 4.78 is 0. The first-order chi connectivity index (χ1) is 10.0. The monoisotopic (exact) mass is 282 g/mol. The van der Waals surface area contributed by atoms with Crippen molar-refractivity contribution >= 4 is 22.7 Å². The number of anilines is 3. The van der Waals surface area contributed by atoms with Gasteiger partial charge < -0.3 is 10.2 Å². The molecule has 0 aliphatic carbocycles. The normalized spacial score (nSPS) is 9.76. The number of hydrogen-bond donors (Lipinski definition) is 1. The van der Waals surface area contributed by atoms with Gasteiger partial charge in [-0.3, -0.25) is 10.1 Å². The first kappa shape index (κ1) is 14.3. The van der Waals surface area contributed by atoms with Gasteiger partial charge in [0, 0.05) is 37.2 Å². The Kier molecular flexibility index (Phi) is 4.05. The highest BCUT2D eigenvalue weighted by Gasteiger charge is 2.14. The second-order valence-corrected chi connectivity index (χ2v) is 4.67. The summed E-state index contributed by atoms with van der Waals surface area (Å²) in [7, 11) is 3.87. The molecule has 106 valence electrons. The molecule has 0 fully saturated rings. The van der Waals surface area contributed by atoms with E-state index in [1.807, 2.05) is 49.3 Å². The van der Waals surface area contributed by atoms with Crippen LogP contribution in [0.3, 0.4) is 0 Å². The fraction of sp³-hybridized carbons (Fsp3) is 0.133. The molecule has 0 bridgehead atoms. The van der Waals surface area contributed by atoms with E-state index in [-0.39, 0.29) is 11.3 Å². The summed E-state index contributed by atoms with van der Waals surface area (Å²) >= 11 is 0. The average molecular weight is 282 g/mol. The minimum atomic E-state index is -0.556. The molecule has 1 N–H and O–H groups in total. The Bertz CT molecular complexity index is 720. The summed E-state index contributed by atoms with van der Waals surface area (Å²) in [5, 5.41) is 22.9. The third-order valence-corrected chi connectivity index (χ3v) is 2.97. The maximum Gasteiger partial charge on any atom is 0.289 e. The zero-order valence-electron chi connectivity index (χ0n) is 11.7. The molecule has 21 heavy (non-hydrogen) atoms. The topological polar surface area (TPSA) is 82.2 Å². The van der Waals surface area contributed by atoms with Crippen LogP contribution in [0.5, 0.6) is 0 Å². The molecular formula is C15H14N4O2. The highest BCUT2D eigenvalue weighted by molar-refractivity contribution is 5.68. The minimum Gasteiger partial charge on any atom is -0.378 e. The fourth-order valence-corrected chi connectivity index (χ4v) is 1.88. The van der Waals surface area contributed by atoms with Gasteiger partial charge in [-0.15, -0.1) is 0 Å². The van der Waals surface area contributed by atoms with E-state index in [9.17, 15) is 10.1 Å². The summed E-state index contributed by atoms with van der Waals surface area (Å²) in [6.07, 6.45) is 0. The van der Waals surface area contributed by atoms with Crippen molar-refractivity contribution in [3.05, 3.63) is 58.1 Å². The number of nitriles is 1. The van der Waals surface area contributed by atoms with E-state index in [1.54, 1.807) is 6.07 Å². The van der Waals surface area contributed by atoms with E-state index in [1.165, 1.54) is 12.1 Å². The molecule has 0 saturated heterocycles. The Balaban J connectivity index is 2.32. The van der Waals surface area contributed by atoms with E-state index in [4.69, 9.17) is 5.26 Å². The van der Waals surface area contributed by atoms with Crippen molar-refractivity contribution in [3.8, 4) is 6.07 Å². The van der Waals surface area contributed by atoms with Crippen LogP contribution in [0.15, 0.2) is 42.5 Å². The molecular weight excluding hydrogens is 268 g/mol. The standard InChI is InChI=1S/C15H14N4O2/c1-18(2)14-5-3-4-12(8-14)17-13-7-6-11(10-16)15(9-13)19(20)21/h3-9,17H,1-2H3. The molecule has 0 atom stereocenters. The molecule has 0 aromatic heterocycles. The van der Waals surface area contributed by atoms with Crippen molar-refractivity contribution in [1.82, 2.24) is 0 Å². The second-order valence-electron chi connectivity index (χ2n) is 4.67. The number of nitro groups is 1. The van der Waals surface area contributed by atoms with E-state index >= 15 is 0 Å². The number of nitro benzene ring substituents is 1. The Morgan fingerprint density at radius 2 is 1.90 bits per heavy atom. The average Bonchev–Trinajstić information content (AvgIpc) is 2.47. The zero-order valence-corrected chi connectivity index (χ0v) is 11.7. The van der Waals surface area contributed by atoms with Gasteiger partial charge in [0.25, 0.3) is 5.69 Å². The van der Waals surface area contributed by atoms with Crippen LogP contribution >= 0.6 is 0 Å². The molecule has 0 unspecified atom stereocenters. The van der Waals surface area contributed by atoms with Crippen molar-refractivity contribution in [2.45, 2.75) is 0 Å². The summed E-state index contributed by atoms with van der Waals surface area (Å²) in [6.45, 7) is 0. The maximum absolute atomic E-state index is 10.9. The van der Waals surface area contributed by atoms with Crippen molar-refractivity contribution < 1.29 is 4.92 Å². The number of nitrogens with zero attached hydrogens (tertiary/aromatic N) is 3. The van der Waals surface area contributed by atoms with Crippen LogP contribution in [0.25, 0.3) is 0 Å². The number of rotatable bonds is 4. The van der Waals surface area contributed by atoms with Crippen LogP contribution in [0, 0.1) is 21.4 Å². The molecule has 0 saturated carbocycles. The van der Waals surface area contributed by atoms with Gasteiger partial charge >= 0.3 is 0 Å². The van der Waals surface area contributed by atoms with E-state index in [0.717, 1.165) is 11.4 Å². The van der Waals surface area contributed by atoms with Gasteiger partial charge in [0.2, 0.25) is 0 Å². The van der Waals surface area contributed by atoms with Gasteiger partial charge in [-0.2, -0.15) is 5.26 Å². The lowest BCUT2D eigenvalue weighted by Gasteiger charge is -2.14. The SMILES string of the molecule is CN(C)c1cccc(Nc2ccc(C#N)c([N+](=O)[O-])c2)c1. The molecule has 0 spiro atoms. The summed E-state index contributed by atoms with van der Waals surface area (Å²) in [4.78, 5) is 12.4. The second kappa shape index (κ2) is 5.92. The summed E-state index contributed by atoms with van der Waals surface area (Å²) in [5.74, 6) is 0. The molecule has 0 amide bonds. The Morgan fingerprint density at radius 3 is 2.52 bits per heavy atom. The van der Waals surface area contributed by atoms with Gasteiger partial charge in [-0.1, -0.05) is 6.07 Å². The molecule has 0 radical (unpaired) electrons. The molecule has 6 heteroatoms. The van der Waals surface area contributed by atoms with Crippen LogP contribution in [0.2, 0.25) is 0 Å². The third kappa shape index (κ3) is 3.28. The third-order valence-electron chi connectivity index (χ3n) is 2.97. The fourth-order valence-electron chi connectivity index (χ4n) is 1.88. The van der Waals surface area contributed by atoms with Gasteiger partial charge in [-0.05, 0) is 30.3 Å². The van der Waals surface area contributed by atoms with Crippen LogP contribution < -0.4 is 10.2 Å². The van der Waals surface area contributed by atoms with Gasteiger partial charge in [-0.25, -0.2) is 0 Å². The van der Waals surface area contributed by atoms with Crippen LogP contribution in [-0.4, -0.2) is 19.0 Å². The maximum atomic E-state index is 10.9. The number of benzene rings is 2. The molecule has 0 aliphatic heterocycles. The first-order valence-corrected chi connectivity index (χ1v) is 6.24. The molecule has 2 rings (SSSR count).